The minimum absolute atomic E-state index is 0.150. The topological polar surface area (TPSA) is 92.8 Å². The molecule has 2 amide bonds. The van der Waals surface area contributed by atoms with Gasteiger partial charge in [0.25, 0.3) is 11.8 Å². The van der Waals surface area contributed by atoms with E-state index in [0.717, 1.165) is 24.5 Å². The fraction of sp³-hybridized carbons (Fsp3) is 0.269. The molecule has 0 spiro atoms. The average Bonchev–Trinajstić information content (AvgIpc) is 3.42. The Morgan fingerprint density at radius 1 is 1.00 bits per heavy atom. The van der Waals surface area contributed by atoms with E-state index >= 15 is 0 Å². The number of ether oxygens (including phenoxy) is 2. The number of carbonyl (C=O) groups is 2. The summed E-state index contributed by atoms with van der Waals surface area (Å²) >= 11 is 0. The summed E-state index contributed by atoms with van der Waals surface area (Å²) < 4.78 is 10.7. The lowest BCUT2D eigenvalue weighted by Gasteiger charge is -2.16. The van der Waals surface area contributed by atoms with E-state index in [1.807, 2.05) is 12.1 Å². The Morgan fingerprint density at radius 3 is 2.50 bits per heavy atom. The molecule has 8 nitrogen and oxygen atoms in total. The molecule has 1 saturated heterocycles. The largest absolute Gasteiger partial charge is 0.497 e. The fourth-order valence-electron chi connectivity index (χ4n) is 3.69. The Hall–Kier alpha value is -4.07. The Bertz CT molecular complexity index is 1110. The van der Waals surface area contributed by atoms with Crippen molar-refractivity contribution < 1.29 is 19.1 Å². The van der Waals surface area contributed by atoms with Crippen molar-refractivity contribution in [2.75, 3.05) is 37.0 Å². The van der Waals surface area contributed by atoms with Gasteiger partial charge in [-0.25, -0.2) is 4.98 Å². The first-order valence-corrected chi connectivity index (χ1v) is 11.3. The Morgan fingerprint density at radius 2 is 1.79 bits per heavy atom. The first-order valence-electron chi connectivity index (χ1n) is 11.3. The van der Waals surface area contributed by atoms with Crippen molar-refractivity contribution in [1.82, 2.24) is 10.3 Å². The second kappa shape index (κ2) is 11.2. The van der Waals surface area contributed by atoms with Crippen LogP contribution in [0.2, 0.25) is 0 Å². The quantitative estimate of drug-likeness (QED) is 0.507. The maximum Gasteiger partial charge on any atom is 0.262 e. The lowest BCUT2D eigenvalue weighted by molar-refractivity contribution is -0.118. The summed E-state index contributed by atoms with van der Waals surface area (Å²) in [5.74, 6) is 1.66. The van der Waals surface area contributed by atoms with Crippen LogP contribution in [0.3, 0.4) is 0 Å². The molecule has 2 aromatic carbocycles. The molecule has 1 fully saturated rings. The number of pyridine rings is 1. The molecule has 0 unspecified atom stereocenters. The van der Waals surface area contributed by atoms with Crippen LogP contribution >= 0.6 is 0 Å². The summed E-state index contributed by atoms with van der Waals surface area (Å²) in [6, 6.07) is 17.7. The molecule has 2 heterocycles. The molecule has 0 radical (unpaired) electrons. The molecule has 0 bridgehead atoms. The third kappa shape index (κ3) is 6.25. The van der Waals surface area contributed by atoms with Gasteiger partial charge in [0.15, 0.2) is 6.61 Å². The minimum atomic E-state index is -0.292. The van der Waals surface area contributed by atoms with Gasteiger partial charge in [-0.15, -0.1) is 0 Å². The normalized spacial score (nSPS) is 12.8. The highest BCUT2D eigenvalue weighted by molar-refractivity contribution is 5.94. The van der Waals surface area contributed by atoms with Crippen LogP contribution in [0, 0.1) is 0 Å². The zero-order valence-electron chi connectivity index (χ0n) is 19.1. The molecule has 0 saturated carbocycles. The number of nitrogens with zero attached hydrogens (tertiary/aromatic N) is 2. The van der Waals surface area contributed by atoms with Gasteiger partial charge >= 0.3 is 0 Å². The molecule has 1 aliphatic heterocycles. The van der Waals surface area contributed by atoms with Crippen molar-refractivity contribution in [2.45, 2.75) is 19.4 Å². The van der Waals surface area contributed by atoms with Crippen molar-refractivity contribution >= 4 is 23.3 Å². The van der Waals surface area contributed by atoms with Crippen molar-refractivity contribution in [3.8, 4) is 11.5 Å². The van der Waals surface area contributed by atoms with E-state index in [9.17, 15) is 9.59 Å². The molecule has 34 heavy (non-hydrogen) atoms. The highest BCUT2D eigenvalue weighted by Crippen LogP contribution is 2.18. The standard InChI is InChI=1S/C26H28N4O4/c1-33-23-6-4-5-21(15-23)29-25(31)18-34-22-10-8-20(9-11-22)26(32)28-17-19-7-12-24(27-16-19)30-13-2-3-14-30/h4-12,15-16H,2-3,13-14,17-18H2,1H3,(H,28,32)(H,29,31). The second-order valence-corrected chi connectivity index (χ2v) is 7.99. The van der Waals surface area contributed by atoms with Gasteiger partial charge in [0.2, 0.25) is 0 Å². The monoisotopic (exact) mass is 460 g/mol. The number of benzene rings is 2. The number of hydrogen-bond donors (Lipinski definition) is 2. The van der Waals surface area contributed by atoms with Crippen LogP contribution in [0.4, 0.5) is 11.5 Å². The molecule has 0 atom stereocenters. The van der Waals surface area contributed by atoms with Gasteiger partial charge in [-0.05, 0) is 60.9 Å². The van der Waals surface area contributed by atoms with Crippen molar-refractivity contribution in [3.63, 3.8) is 0 Å². The zero-order chi connectivity index (χ0) is 23.8. The number of anilines is 2. The molecular formula is C26H28N4O4. The number of rotatable bonds is 9. The summed E-state index contributed by atoms with van der Waals surface area (Å²) in [5.41, 5.74) is 2.08. The molecule has 8 heteroatoms. The maximum absolute atomic E-state index is 12.5. The number of hydrogen-bond acceptors (Lipinski definition) is 6. The molecule has 0 aliphatic carbocycles. The Balaban J connectivity index is 1.22. The summed E-state index contributed by atoms with van der Waals surface area (Å²) in [5, 5.41) is 5.66. The van der Waals surface area contributed by atoms with E-state index in [1.54, 1.807) is 61.8 Å². The zero-order valence-corrected chi connectivity index (χ0v) is 19.1. The molecular weight excluding hydrogens is 432 g/mol. The fourth-order valence-corrected chi connectivity index (χ4v) is 3.69. The summed E-state index contributed by atoms with van der Waals surface area (Å²) in [6.45, 7) is 2.35. The molecule has 2 N–H and O–H groups in total. The highest BCUT2D eigenvalue weighted by Gasteiger charge is 2.13. The van der Waals surface area contributed by atoms with Gasteiger partial charge in [0.1, 0.15) is 17.3 Å². The van der Waals surface area contributed by atoms with Gasteiger partial charge < -0.3 is 25.0 Å². The van der Waals surface area contributed by atoms with E-state index < -0.39 is 0 Å². The summed E-state index contributed by atoms with van der Waals surface area (Å²) in [6.07, 6.45) is 4.22. The van der Waals surface area contributed by atoms with Crippen LogP contribution in [0.5, 0.6) is 11.5 Å². The van der Waals surface area contributed by atoms with Crippen molar-refractivity contribution in [1.29, 1.82) is 0 Å². The van der Waals surface area contributed by atoms with Crippen LogP contribution in [0.15, 0.2) is 66.9 Å². The smallest absolute Gasteiger partial charge is 0.262 e. The molecule has 3 aromatic rings. The van der Waals surface area contributed by atoms with Gasteiger partial charge in [0, 0.05) is 43.1 Å². The third-order valence-corrected chi connectivity index (χ3v) is 5.53. The predicted molar refractivity (Wildman–Crippen MR) is 130 cm³/mol. The number of methoxy groups -OCH3 is 1. The van der Waals surface area contributed by atoms with Crippen molar-refractivity contribution in [2.24, 2.45) is 0 Å². The maximum atomic E-state index is 12.5. The van der Waals surface area contributed by atoms with Crippen LogP contribution in [0.25, 0.3) is 0 Å². The van der Waals surface area contributed by atoms with E-state index in [1.165, 1.54) is 12.8 Å². The van der Waals surface area contributed by atoms with E-state index in [2.05, 4.69) is 20.5 Å². The van der Waals surface area contributed by atoms with Gasteiger partial charge in [0.05, 0.1) is 7.11 Å². The molecule has 4 rings (SSSR count). The average molecular weight is 461 g/mol. The molecule has 176 valence electrons. The van der Waals surface area contributed by atoms with Gasteiger partial charge in [-0.3, -0.25) is 9.59 Å². The van der Waals surface area contributed by atoms with E-state index in [0.29, 0.717) is 29.3 Å². The molecule has 1 aromatic heterocycles. The predicted octanol–water partition coefficient (Wildman–Crippen LogP) is 3.64. The number of amides is 2. The highest BCUT2D eigenvalue weighted by atomic mass is 16.5. The summed E-state index contributed by atoms with van der Waals surface area (Å²) in [7, 11) is 1.57. The second-order valence-electron chi connectivity index (χ2n) is 7.99. The number of aromatic nitrogens is 1. The number of carbonyl (C=O) groups excluding carboxylic acids is 2. The van der Waals surface area contributed by atoms with Gasteiger partial charge in [-0.1, -0.05) is 12.1 Å². The summed E-state index contributed by atoms with van der Waals surface area (Å²) in [4.78, 5) is 31.4. The van der Waals surface area contributed by atoms with Crippen LogP contribution < -0.4 is 25.0 Å². The Kier molecular flexibility index (Phi) is 7.60. The lowest BCUT2D eigenvalue weighted by atomic mass is 10.2. The molecule has 1 aliphatic rings. The van der Waals surface area contributed by atoms with E-state index in [4.69, 9.17) is 9.47 Å². The van der Waals surface area contributed by atoms with Crippen LogP contribution in [-0.4, -0.2) is 43.6 Å². The number of nitrogens with one attached hydrogen (secondary N) is 2. The lowest BCUT2D eigenvalue weighted by Crippen LogP contribution is -2.23. The first-order chi connectivity index (χ1) is 16.6. The SMILES string of the molecule is COc1cccc(NC(=O)COc2ccc(C(=O)NCc3ccc(N4CCCC4)nc3)cc2)c1. The van der Waals surface area contributed by atoms with Crippen LogP contribution in [0.1, 0.15) is 28.8 Å². The minimum Gasteiger partial charge on any atom is -0.497 e. The third-order valence-electron chi connectivity index (χ3n) is 5.53. The van der Waals surface area contributed by atoms with E-state index in [-0.39, 0.29) is 18.4 Å². The van der Waals surface area contributed by atoms with Gasteiger partial charge in [-0.2, -0.15) is 0 Å². The Labute approximate surface area is 198 Å². The van der Waals surface area contributed by atoms with Crippen molar-refractivity contribution in [3.05, 3.63) is 78.0 Å². The van der Waals surface area contributed by atoms with Crippen LogP contribution in [-0.2, 0) is 11.3 Å². The first kappa shape index (κ1) is 23.1.